The lowest BCUT2D eigenvalue weighted by Gasteiger charge is -2.11. The predicted octanol–water partition coefficient (Wildman–Crippen LogP) is 4.71. The van der Waals surface area contributed by atoms with E-state index in [0.717, 1.165) is 39.5 Å². The number of rotatable bonds is 6. The molecule has 25 heavy (non-hydrogen) atoms. The van der Waals surface area contributed by atoms with Gasteiger partial charge in [0.15, 0.2) is 0 Å². The lowest BCUT2D eigenvalue weighted by atomic mass is 10.1. The van der Waals surface area contributed by atoms with E-state index in [0.29, 0.717) is 13.0 Å². The molecule has 4 nitrogen and oxygen atoms in total. The molecule has 1 aromatic carbocycles. The first kappa shape index (κ1) is 17.2. The SMILES string of the molecule is C=C(C)COc1ccc(-c2nc3c(C)cccn3c2C(O)CC)cc1. The molecule has 0 amide bonds. The van der Waals surface area contributed by atoms with Crippen molar-refractivity contribution in [2.75, 3.05) is 6.61 Å². The fourth-order valence-corrected chi connectivity index (χ4v) is 2.86. The molecule has 2 heterocycles. The van der Waals surface area contributed by atoms with Gasteiger partial charge in [-0.1, -0.05) is 19.6 Å². The van der Waals surface area contributed by atoms with Crippen LogP contribution in [0, 0.1) is 6.92 Å². The Balaban J connectivity index is 2.05. The van der Waals surface area contributed by atoms with E-state index >= 15 is 0 Å². The summed E-state index contributed by atoms with van der Waals surface area (Å²) in [6, 6.07) is 11.8. The maximum atomic E-state index is 10.6. The highest BCUT2D eigenvalue weighted by Crippen LogP contribution is 2.32. The van der Waals surface area contributed by atoms with Gasteiger partial charge in [0.25, 0.3) is 0 Å². The normalized spacial score (nSPS) is 12.3. The molecule has 0 bridgehead atoms. The summed E-state index contributed by atoms with van der Waals surface area (Å²) >= 11 is 0. The molecule has 0 spiro atoms. The lowest BCUT2D eigenvalue weighted by Crippen LogP contribution is -2.02. The molecule has 3 rings (SSSR count). The maximum absolute atomic E-state index is 10.6. The summed E-state index contributed by atoms with van der Waals surface area (Å²) in [5, 5.41) is 10.6. The Bertz CT molecular complexity index is 894. The Hall–Kier alpha value is -2.59. The lowest BCUT2D eigenvalue weighted by molar-refractivity contribution is 0.168. The van der Waals surface area contributed by atoms with Crippen LogP contribution in [0.4, 0.5) is 0 Å². The van der Waals surface area contributed by atoms with E-state index < -0.39 is 6.10 Å². The molecule has 1 unspecified atom stereocenters. The van der Waals surface area contributed by atoms with Crippen molar-refractivity contribution < 1.29 is 9.84 Å². The van der Waals surface area contributed by atoms with Crippen LogP contribution in [-0.2, 0) is 0 Å². The maximum Gasteiger partial charge on any atom is 0.140 e. The fraction of sp³-hybridized carbons (Fsp3) is 0.286. The van der Waals surface area contributed by atoms with Crippen molar-refractivity contribution in [1.82, 2.24) is 9.38 Å². The van der Waals surface area contributed by atoms with Crippen molar-refractivity contribution in [2.24, 2.45) is 0 Å². The number of aliphatic hydroxyl groups is 1. The first-order valence-corrected chi connectivity index (χ1v) is 8.54. The molecule has 1 atom stereocenters. The average molecular weight is 336 g/mol. The van der Waals surface area contributed by atoms with Gasteiger partial charge in [-0.2, -0.15) is 0 Å². The smallest absolute Gasteiger partial charge is 0.140 e. The molecule has 130 valence electrons. The number of ether oxygens (including phenoxy) is 1. The monoisotopic (exact) mass is 336 g/mol. The van der Waals surface area contributed by atoms with E-state index in [4.69, 9.17) is 9.72 Å². The Labute approximate surface area is 148 Å². The number of hydrogen-bond donors (Lipinski definition) is 1. The van der Waals surface area contributed by atoms with Gasteiger partial charge in [-0.25, -0.2) is 4.98 Å². The van der Waals surface area contributed by atoms with Crippen molar-refractivity contribution in [3.8, 4) is 17.0 Å². The van der Waals surface area contributed by atoms with E-state index in [1.807, 2.05) is 67.8 Å². The van der Waals surface area contributed by atoms with Crippen LogP contribution in [0.2, 0.25) is 0 Å². The molecule has 0 aliphatic rings. The van der Waals surface area contributed by atoms with Crippen molar-refractivity contribution >= 4 is 5.65 Å². The van der Waals surface area contributed by atoms with Gasteiger partial charge in [-0.15, -0.1) is 0 Å². The van der Waals surface area contributed by atoms with Crippen LogP contribution < -0.4 is 4.74 Å². The molecule has 4 heteroatoms. The third-order valence-corrected chi connectivity index (χ3v) is 4.20. The molecule has 3 aromatic rings. The number of hydrogen-bond acceptors (Lipinski definition) is 3. The average Bonchev–Trinajstić information content (AvgIpc) is 3.00. The van der Waals surface area contributed by atoms with Gasteiger partial charge < -0.3 is 14.2 Å². The first-order chi connectivity index (χ1) is 12.0. The second kappa shape index (κ2) is 7.11. The second-order valence-corrected chi connectivity index (χ2v) is 6.42. The molecule has 2 aromatic heterocycles. The van der Waals surface area contributed by atoms with Crippen LogP contribution in [0.3, 0.4) is 0 Å². The molecular weight excluding hydrogens is 312 g/mol. The molecule has 0 saturated heterocycles. The molecule has 0 saturated carbocycles. The van der Waals surface area contributed by atoms with Crippen LogP contribution in [0.25, 0.3) is 16.9 Å². The summed E-state index contributed by atoms with van der Waals surface area (Å²) in [6.45, 7) is 10.3. The predicted molar refractivity (Wildman–Crippen MR) is 101 cm³/mol. The number of aryl methyl sites for hydroxylation is 1. The van der Waals surface area contributed by atoms with Gasteiger partial charge in [-0.3, -0.25) is 0 Å². The van der Waals surface area contributed by atoms with Crippen LogP contribution >= 0.6 is 0 Å². The van der Waals surface area contributed by atoms with Crippen molar-refractivity contribution in [3.63, 3.8) is 0 Å². The van der Waals surface area contributed by atoms with E-state index in [-0.39, 0.29) is 0 Å². The van der Waals surface area contributed by atoms with E-state index in [2.05, 4.69) is 6.58 Å². The largest absolute Gasteiger partial charge is 0.489 e. The zero-order valence-corrected chi connectivity index (χ0v) is 15.0. The van der Waals surface area contributed by atoms with Gasteiger partial charge in [0.1, 0.15) is 18.0 Å². The van der Waals surface area contributed by atoms with Crippen LogP contribution in [-0.4, -0.2) is 21.1 Å². The molecule has 0 radical (unpaired) electrons. The topological polar surface area (TPSA) is 46.8 Å². The van der Waals surface area contributed by atoms with Crippen molar-refractivity contribution in [1.29, 1.82) is 0 Å². The number of fused-ring (bicyclic) bond motifs is 1. The fourth-order valence-electron chi connectivity index (χ4n) is 2.86. The minimum atomic E-state index is -0.564. The minimum absolute atomic E-state index is 0.507. The minimum Gasteiger partial charge on any atom is -0.489 e. The van der Waals surface area contributed by atoms with E-state index in [1.54, 1.807) is 0 Å². The van der Waals surface area contributed by atoms with Crippen LogP contribution in [0.1, 0.15) is 37.6 Å². The highest BCUT2D eigenvalue weighted by molar-refractivity contribution is 5.69. The van der Waals surface area contributed by atoms with Gasteiger partial charge in [-0.05, 0) is 61.7 Å². The quantitative estimate of drug-likeness (QED) is 0.663. The number of pyridine rings is 1. The molecule has 0 aliphatic heterocycles. The number of benzene rings is 1. The molecule has 0 fully saturated rings. The number of nitrogens with zero attached hydrogens (tertiary/aromatic N) is 2. The third-order valence-electron chi connectivity index (χ3n) is 4.20. The van der Waals surface area contributed by atoms with Gasteiger partial charge in [0, 0.05) is 11.8 Å². The van der Waals surface area contributed by atoms with E-state index in [9.17, 15) is 5.11 Å². The standard InChI is InChI=1S/C21H24N2O2/c1-5-18(24)20-19(22-21-15(4)7-6-12-23(20)21)16-8-10-17(11-9-16)25-13-14(2)3/h6-12,18,24H,2,5,13H2,1,3-4H3. The summed E-state index contributed by atoms with van der Waals surface area (Å²) in [4.78, 5) is 4.80. The molecule has 1 N–H and O–H groups in total. The summed E-state index contributed by atoms with van der Waals surface area (Å²) in [5.41, 5.74) is 5.55. The second-order valence-electron chi connectivity index (χ2n) is 6.42. The zero-order chi connectivity index (χ0) is 18.0. The Morgan fingerprint density at radius 1 is 1.28 bits per heavy atom. The highest BCUT2D eigenvalue weighted by atomic mass is 16.5. The van der Waals surface area contributed by atoms with Crippen LogP contribution in [0.5, 0.6) is 5.75 Å². The van der Waals surface area contributed by atoms with E-state index in [1.165, 1.54) is 0 Å². The summed E-state index contributed by atoms with van der Waals surface area (Å²) in [7, 11) is 0. The molecular formula is C21H24N2O2. The van der Waals surface area contributed by atoms with Crippen molar-refractivity contribution in [3.05, 3.63) is 66.0 Å². The van der Waals surface area contributed by atoms with Gasteiger partial charge >= 0.3 is 0 Å². The molecule has 0 aliphatic carbocycles. The number of aliphatic hydroxyl groups excluding tert-OH is 1. The van der Waals surface area contributed by atoms with Gasteiger partial charge in [0.2, 0.25) is 0 Å². The Morgan fingerprint density at radius 3 is 2.64 bits per heavy atom. The van der Waals surface area contributed by atoms with Crippen molar-refractivity contribution in [2.45, 2.75) is 33.3 Å². The summed E-state index contributed by atoms with van der Waals surface area (Å²) < 4.78 is 7.65. The zero-order valence-electron chi connectivity index (χ0n) is 15.0. The first-order valence-electron chi connectivity index (χ1n) is 8.54. The third kappa shape index (κ3) is 3.44. The Morgan fingerprint density at radius 2 is 2.00 bits per heavy atom. The van der Waals surface area contributed by atoms with Crippen LogP contribution in [0.15, 0.2) is 54.7 Å². The highest BCUT2D eigenvalue weighted by Gasteiger charge is 2.20. The summed E-state index contributed by atoms with van der Waals surface area (Å²) in [5.74, 6) is 0.796. The number of imidazole rings is 1. The summed E-state index contributed by atoms with van der Waals surface area (Å²) in [6.07, 6.45) is 2.03. The van der Waals surface area contributed by atoms with Gasteiger partial charge in [0.05, 0.1) is 17.5 Å². The Kier molecular flexibility index (Phi) is 4.91. The number of aromatic nitrogens is 2.